The highest BCUT2D eigenvalue weighted by Gasteiger charge is 2.56. The fourth-order valence-electron chi connectivity index (χ4n) is 1.37. The number of alkyl halides is 6. The first kappa shape index (κ1) is 19.5. The van der Waals surface area contributed by atoms with Crippen molar-refractivity contribution in [1.82, 2.24) is 5.32 Å². The standard InChI is InChI=1S/C10H17F6NO2S/c11-4-6-17-5-2-8-20(18,19)7-1-3-9(12,13)10(14,15)16/h17H,1-8H2. The summed E-state index contributed by atoms with van der Waals surface area (Å²) in [6.45, 7) is -0.279. The van der Waals surface area contributed by atoms with E-state index in [9.17, 15) is 34.8 Å². The van der Waals surface area contributed by atoms with E-state index in [0.29, 0.717) is 0 Å². The molecule has 10 heteroatoms. The van der Waals surface area contributed by atoms with E-state index in [1.807, 2.05) is 0 Å². The maximum atomic E-state index is 12.5. The van der Waals surface area contributed by atoms with Crippen molar-refractivity contribution in [1.29, 1.82) is 0 Å². The summed E-state index contributed by atoms with van der Waals surface area (Å²) in [5, 5.41) is 2.60. The Kier molecular flexibility index (Phi) is 7.85. The number of hydrogen-bond donors (Lipinski definition) is 1. The minimum atomic E-state index is -5.66. The molecule has 20 heavy (non-hydrogen) atoms. The Bertz CT molecular complexity index is 368. The topological polar surface area (TPSA) is 46.2 Å². The summed E-state index contributed by atoms with van der Waals surface area (Å²) in [6.07, 6.45) is -7.81. The summed E-state index contributed by atoms with van der Waals surface area (Å²) < 4.78 is 95.0. The molecule has 0 heterocycles. The first-order valence-corrected chi connectivity index (χ1v) is 7.75. The summed E-state index contributed by atoms with van der Waals surface area (Å²) in [6, 6.07) is 0. The fraction of sp³-hybridized carbons (Fsp3) is 1.00. The zero-order valence-corrected chi connectivity index (χ0v) is 11.5. The van der Waals surface area contributed by atoms with Crippen molar-refractivity contribution < 1.29 is 34.8 Å². The van der Waals surface area contributed by atoms with Crippen molar-refractivity contribution >= 4 is 9.84 Å². The third kappa shape index (κ3) is 7.93. The molecule has 0 unspecified atom stereocenters. The molecule has 0 fully saturated rings. The van der Waals surface area contributed by atoms with E-state index in [1.54, 1.807) is 0 Å². The molecule has 3 nitrogen and oxygen atoms in total. The van der Waals surface area contributed by atoms with Crippen molar-refractivity contribution in [3.63, 3.8) is 0 Å². The summed E-state index contributed by atoms with van der Waals surface area (Å²) in [5.74, 6) is -5.92. The van der Waals surface area contributed by atoms with Crippen LogP contribution in [0.4, 0.5) is 26.3 Å². The Hall–Kier alpha value is -0.510. The monoisotopic (exact) mass is 329 g/mol. The first-order valence-electron chi connectivity index (χ1n) is 5.93. The second kappa shape index (κ2) is 8.06. The molecule has 0 saturated heterocycles. The second-order valence-corrected chi connectivity index (χ2v) is 6.55. The molecule has 0 aliphatic carbocycles. The molecule has 0 aromatic carbocycles. The molecule has 0 radical (unpaired) electrons. The Morgan fingerprint density at radius 2 is 1.45 bits per heavy atom. The van der Waals surface area contributed by atoms with Crippen LogP contribution in [-0.2, 0) is 9.84 Å². The van der Waals surface area contributed by atoms with Crippen LogP contribution in [0.1, 0.15) is 19.3 Å². The van der Waals surface area contributed by atoms with Crippen LogP contribution in [0.3, 0.4) is 0 Å². The van der Waals surface area contributed by atoms with Gasteiger partial charge in [-0.1, -0.05) is 0 Å². The highest BCUT2D eigenvalue weighted by Crippen LogP contribution is 2.38. The summed E-state index contributed by atoms with van der Waals surface area (Å²) in [5.41, 5.74) is 0. The van der Waals surface area contributed by atoms with Crippen molar-refractivity contribution in [2.45, 2.75) is 31.4 Å². The normalized spacial score (nSPS) is 13.7. The summed E-state index contributed by atoms with van der Waals surface area (Å²) in [4.78, 5) is 0. The maximum Gasteiger partial charge on any atom is 0.453 e. The molecule has 122 valence electrons. The van der Waals surface area contributed by atoms with Gasteiger partial charge in [-0.2, -0.15) is 22.0 Å². The molecule has 0 amide bonds. The maximum absolute atomic E-state index is 12.5. The van der Waals surface area contributed by atoms with Crippen LogP contribution in [0.15, 0.2) is 0 Å². The van der Waals surface area contributed by atoms with Crippen molar-refractivity contribution in [3.8, 4) is 0 Å². The number of halogens is 6. The van der Waals surface area contributed by atoms with Crippen molar-refractivity contribution in [3.05, 3.63) is 0 Å². The molecule has 0 saturated carbocycles. The molecule has 0 aliphatic heterocycles. The quantitative estimate of drug-likeness (QED) is 0.494. The van der Waals surface area contributed by atoms with Gasteiger partial charge in [-0.25, -0.2) is 12.8 Å². The number of hydrogen-bond acceptors (Lipinski definition) is 3. The van der Waals surface area contributed by atoms with Crippen LogP contribution in [0, 0.1) is 0 Å². The van der Waals surface area contributed by atoms with Gasteiger partial charge in [-0.15, -0.1) is 0 Å². The fourth-order valence-corrected chi connectivity index (χ4v) is 2.74. The molecule has 1 N–H and O–H groups in total. The minimum absolute atomic E-state index is 0.0812. The lowest BCUT2D eigenvalue weighted by molar-refractivity contribution is -0.284. The van der Waals surface area contributed by atoms with Crippen LogP contribution >= 0.6 is 0 Å². The average molecular weight is 329 g/mol. The number of rotatable bonds is 10. The minimum Gasteiger partial charge on any atom is -0.314 e. The van der Waals surface area contributed by atoms with Crippen molar-refractivity contribution in [2.24, 2.45) is 0 Å². The van der Waals surface area contributed by atoms with Gasteiger partial charge in [0.15, 0.2) is 0 Å². The second-order valence-electron chi connectivity index (χ2n) is 4.25. The van der Waals surface area contributed by atoms with Crippen LogP contribution in [0.5, 0.6) is 0 Å². The van der Waals surface area contributed by atoms with E-state index in [0.717, 1.165) is 0 Å². The van der Waals surface area contributed by atoms with Crippen LogP contribution in [-0.4, -0.2) is 51.8 Å². The predicted octanol–water partition coefficient (Wildman–Crippen LogP) is 2.33. The molecule has 0 aromatic heterocycles. The van der Waals surface area contributed by atoms with Gasteiger partial charge in [-0.05, 0) is 19.4 Å². The van der Waals surface area contributed by atoms with Gasteiger partial charge in [-0.3, -0.25) is 0 Å². The number of nitrogens with one attached hydrogen (secondary N) is 1. The Morgan fingerprint density at radius 1 is 0.900 bits per heavy atom. The van der Waals surface area contributed by atoms with Gasteiger partial charge in [0.1, 0.15) is 16.5 Å². The van der Waals surface area contributed by atoms with Gasteiger partial charge in [0, 0.05) is 13.0 Å². The highest BCUT2D eigenvalue weighted by atomic mass is 32.2. The molecule has 0 aliphatic rings. The van der Waals surface area contributed by atoms with E-state index in [1.165, 1.54) is 0 Å². The molecule has 0 rings (SSSR count). The highest BCUT2D eigenvalue weighted by molar-refractivity contribution is 7.91. The molecular formula is C10H17F6NO2S. The molecular weight excluding hydrogens is 312 g/mol. The van der Waals surface area contributed by atoms with Gasteiger partial charge in [0.05, 0.1) is 11.5 Å². The molecule has 0 atom stereocenters. The first-order chi connectivity index (χ1) is 9.02. The van der Waals surface area contributed by atoms with Gasteiger partial charge in [0.25, 0.3) is 0 Å². The predicted molar refractivity (Wildman–Crippen MR) is 62.4 cm³/mol. The van der Waals surface area contributed by atoms with E-state index in [-0.39, 0.29) is 25.3 Å². The summed E-state index contributed by atoms with van der Waals surface area (Å²) >= 11 is 0. The van der Waals surface area contributed by atoms with E-state index < -0.39 is 47.2 Å². The lowest BCUT2D eigenvalue weighted by Crippen LogP contribution is -2.36. The Balaban J connectivity index is 4.00. The SMILES string of the molecule is O=S(=O)(CCCNCCF)CCCC(F)(F)C(F)(F)F. The van der Waals surface area contributed by atoms with Gasteiger partial charge >= 0.3 is 12.1 Å². The van der Waals surface area contributed by atoms with E-state index >= 15 is 0 Å². The van der Waals surface area contributed by atoms with E-state index in [4.69, 9.17) is 0 Å². The summed E-state index contributed by atoms with van der Waals surface area (Å²) in [7, 11) is -3.67. The van der Waals surface area contributed by atoms with Crippen molar-refractivity contribution in [2.75, 3.05) is 31.3 Å². The molecule has 0 bridgehead atoms. The van der Waals surface area contributed by atoms with Crippen LogP contribution < -0.4 is 5.32 Å². The van der Waals surface area contributed by atoms with Crippen LogP contribution in [0.2, 0.25) is 0 Å². The third-order valence-corrected chi connectivity index (χ3v) is 4.26. The number of sulfone groups is 1. The van der Waals surface area contributed by atoms with Gasteiger partial charge < -0.3 is 5.32 Å². The zero-order valence-electron chi connectivity index (χ0n) is 10.6. The molecule has 0 aromatic rings. The Labute approximate surface area is 113 Å². The van der Waals surface area contributed by atoms with E-state index in [2.05, 4.69) is 5.32 Å². The smallest absolute Gasteiger partial charge is 0.314 e. The van der Waals surface area contributed by atoms with Crippen LogP contribution in [0.25, 0.3) is 0 Å². The Morgan fingerprint density at radius 3 is 1.95 bits per heavy atom. The third-order valence-electron chi connectivity index (χ3n) is 2.44. The largest absolute Gasteiger partial charge is 0.453 e. The zero-order chi connectivity index (χ0) is 15.9. The lowest BCUT2D eigenvalue weighted by atomic mass is 10.2. The van der Waals surface area contributed by atoms with Gasteiger partial charge in [0.2, 0.25) is 0 Å². The molecule has 0 spiro atoms. The lowest BCUT2D eigenvalue weighted by Gasteiger charge is -2.19. The average Bonchev–Trinajstić information content (AvgIpc) is 2.26.